The third kappa shape index (κ3) is 3.20. The van der Waals surface area contributed by atoms with Gasteiger partial charge in [0, 0.05) is 5.54 Å². The molecule has 1 aliphatic heterocycles. The Kier molecular flexibility index (Phi) is 4.02. The van der Waals surface area contributed by atoms with Gasteiger partial charge in [-0.1, -0.05) is 6.08 Å². The molecule has 1 saturated heterocycles. The molecule has 1 N–H and O–H groups in total. The normalized spacial score (nSPS) is 20.3. The highest BCUT2D eigenvalue weighted by molar-refractivity contribution is 5.02. The summed E-state index contributed by atoms with van der Waals surface area (Å²) in [5, 5.41) is 3.67. The molecule has 2 heterocycles. The quantitative estimate of drug-likeness (QED) is 0.793. The van der Waals surface area contributed by atoms with Crippen LogP contribution in [0, 0.1) is 0 Å². The number of nitrogens with one attached hydrogen (secondary N) is 1. The van der Waals surface area contributed by atoms with Crippen LogP contribution < -0.4 is 5.32 Å². The summed E-state index contributed by atoms with van der Waals surface area (Å²) >= 11 is 0. The van der Waals surface area contributed by atoms with Gasteiger partial charge in [-0.05, 0) is 51.5 Å². The van der Waals surface area contributed by atoms with Gasteiger partial charge in [0.1, 0.15) is 5.76 Å². The number of rotatable bonds is 5. The Bertz CT molecular complexity index is 337. The second kappa shape index (κ2) is 5.52. The lowest BCUT2D eigenvalue weighted by atomic mass is 9.84. The lowest BCUT2D eigenvalue weighted by Gasteiger charge is -2.41. The Morgan fingerprint density at radius 3 is 2.88 bits per heavy atom. The average molecular weight is 234 g/mol. The lowest BCUT2D eigenvalue weighted by Crippen LogP contribution is -2.52. The Morgan fingerprint density at radius 2 is 2.29 bits per heavy atom. The van der Waals surface area contributed by atoms with Gasteiger partial charge in [0.25, 0.3) is 0 Å². The average Bonchev–Trinajstić information content (AvgIpc) is 2.84. The maximum absolute atomic E-state index is 5.37. The van der Waals surface area contributed by atoms with E-state index in [2.05, 4.69) is 23.8 Å². The molecule has 1 aromatic rings. The van der Waals surface area contributed by atoms with Crippen molar-refractivity contribution in [1.29, 1.82) is 0 Å². The van der Waals surface area contributed by atoms with Gasteiger partial charge in [-0.15, -0.1) is 6.58 Å². The van der Waals surface area contributed by atoms with Crippen LogP contribution in [0.3, 0.4) is 0 Å². The van der Waals surface area contributed by atoms with Crippen LogP contribution in [0.4, 0.5) is 0 Å². The first-order chi connectivity index (χ1) is 8.24. The van der Waals surface area contributed by atoms with Crippen molar-refractivity contribution in [3.05, 3.63) is 36.8 Å². The smallest absolute Gasteiger partial charge is 0.117 e. The summed E-state index contributed by atoms with van der Waals surface area (Å²) in [5.74, 6) is 1.01. The Labute approximate surface area is 103 Å². The molecule has 0 radical (unpaired) electrons. The summed E-state index contributed by atoms with van der Waals surface area (Å²) in [7, 11) is 2.18. The number of hydrogen-bond donors (Lipinski definition) is 1. The molecular formula is C14H22N2O. The van der Waals surface area contributed by atoms with Crippen LogP contribution in [0.2, 0.25) is 0 Å². The van der Waals surface area contributed by atoms with Crippen LogP contribution in [-0.2, 0) is 6.54 Å². The van der Waals surface area contributed by atoms with Crippen molar-refractivity contribution in [2.45, 2.75) is 31.3 Å². The van der Waals surface area contributed by atoms with E-state index in [4.69, 9.17) is 4.42 Å². The molecule has 17 heavy (non-hydrogen) atoms. The van der Waals surface area contributed by atoms with E-state index in [1.807, 2.05) is 18.2 Å². The van der Waals surface area contributed by atoms with Gasteiger partial charge < -0.3 is 14.6 Å². The van der Waals surface area contributed by atoms with Gasteiger partial charge >= 0.3 is 0 Å². The van der Waals surface area contributed by atoms with Crippen LogP contribution in [0.15, 0.2) is 35.5 Å². The van der Waals surface area contributed by atoms with E-state index in [9.17, 15) is 0 Å². The number of furan rings is 1. The molecular weight excluding hydrogens is 212 g/mol. The van der Waals surface area contributed by atoms with E-state index in [0.29, 0.717) is 0 Å². The Morgan fingerprint density at radius 1 is 1.53 bits per heavy atom. The summed E-state index contributed by atoms with van der Waals surface area (Å²) in [6.07, 6.45) is 7.14. The molecule has 2 rings (SSSR count). The largest absolute Gasteiger partial charge is 0.468 e. The number of piperidine rings is 1. The number of hydrogen-bond acceptors (Lipinski definition) is 3. The van der Waals surface area contributed by atoms with Gasteiger partial charge in [-0.25, -0.2) is 0 Å². The van der Waals surface area contributed by atoms with Crippen molar-refractivity contribution in [3.8, 4) is 0 Å². The zero-order valence-electron chi connectivity index (χ0n) is 10.6. The van der Waals surface area contributed by atoms with Gasteiger partial charge in [-0.2, -0.15) is 0 Å². The van der Waals surface area contributed by atoms with Crippen molar-refractivity contribution < 1.29 is 4.42 Å². The molecule has 1 aromatic heterocycles. The minimum atomic E-state index is 0.209. The topological polar surface area (TPSA) is 28.4 Å². The highest BCUT2D eigenvalue weighted by Gasteiger charge is 2.31. The molecule has 3 nitrogen and oxygen atoms in total. The monoisotopic (exact) mass is 234 g/mol. The third-order valence-corrected chi connectivity index (χ3v) is 3.70. The van der Waals surface area contributed by atoms with Crippen molar-refractivity contribution in [2.24, 2.45) is 0 Å². The van der Waals surface area contributed by atoms with Crippen LogP contribution in [0.1, 0.15) is 25.0 Å². The molecule has 1 aliphatic rings. The van der Waals surface area contributed by atoms with E-state index < -0.39 is 0 Å². The first-order valence-corrected chi connectivity index (χ1v) is 6.31. The summed E-state index contributed by atoms with van der Waals surface area (Å²) < 4.78 is 5.37. The maximum Gasteiger partial charge on any atom is 0.117 e. The molecule has 0 amide bonds. The highest BCUT2D eigenvalue weighted by Crippen LogP contribution is 2.26. The van der Waals surface area contributed by atoms with Gasteiger partial charge in [0.05, 0.1) is 12.8 Å². The van der Waals surface area contributed by atoms with Crippen molar-refractivity contribution in [2.75, 3.05) is 20.1 Å². The standard InChI is InChI=1S/C14H22N2O/c1-3-6-14(7-9-16(2)10-8-14)15-12-13-5-4-11-17-13/h3-5,11,15H,1,6-10,12H2,2H3. The Hall–Kier alpha value is -1.06. The minimum Gasteiger partial charge on any atom is -0.468 e. The molecule has 0 unspecified atom stereocenters. The molecule has 0 spiro atoms. The van der Waals surface area contributed by atoms with E-state index >= 15 is 0 Å². The van der Waals surface area contributed by atoms with Crippen LogP contribution in [0.5, 0.6) is 0 Å². The van der Waals surface area contributed by atoms with Crippen LogP contribution in [-0.4, -0.2) is 30.6 Å². The zero-order chi connectivity index (χ0) is 12.1. The molecule has 0 aromatic carbocycles. The zero-order valence-corrected chi connectivity index (χ0v) is 10.6. The molecule has 1 fully saturated rings. The summed E-state index contributed by atoms with van der Waals surface area (Å²) in [4.78, 5) is 2.38. The van der Waals surface area contributed by atoms with E-state index in [1.54, 1.807) is 6.26 Å². The van der Waals surface area contributed by atoms with Gasteiger partial charge in [-0.3, -0.25) is 0 Å². The summed E-state index contributed by atoms with van der Waals surface area (Å²) in [5.41, 5.74) is 0.209. The number of nitrogens with zero attached hydrogens (tertiary/aromatic N) is 1. The Balaban J connectivity index is 1.94. The van der Waals surface area contributed by atoms with E-state index in [-0.39, 0.29) is 5.54 Å². The summed E-state index contributed by atoms with van der Waals surface area (Å²) in [6.45, 7) is 7.00. The van der Waals surface area contributed by atoms with Crippen LogP contribution in [0.25, 0.3) is 0 Å². The van der Waals surface area contributed by atoms with Gasteiger partial charge in [0.2, 0.25) is 0 Å². The molecule has 3 heteroatoms. The minimum absolute atomic E-state index is 0.209. The van der Waals surface area contributed by atoms with Gasteiger partial charge in [0.15, 0.2) is 0 Å². The third-order valence-electron chi connectivity index (χ3n) is 3.70. The van der Waals surface area contributed by atoms with E-state index in [0.717, 1.165) is 31.8 Å². The van der Waals surface area contributed by atoms with Crippen molar-refractivity contribution >= 4 is 0 Å². The van der Waals surface area contributed by atoms with Crippen molar-refractivity contribution in [1.82, 2.24) is 10.2 Å². The van der Waals surface area contributed by atoms with Crippen molar-refractivity contribution in [3.63, 3.8) is 0 Å². The highest BCUT2D eigenvalue weighted by atomic mass is 16.3. The molecule has 0 atom stereocenters. The predicted octanol–water partition coefficient (Wildman–Crippen LogP) is 2.41. The first-order valence-electron chi connectivity index (χ1n) is 6.31. The second-order valence-electron chi connectivity index (χ2n) is 5.01. The lowest BCUT2D eigenvalue weighted by molar-refractivity contribution is 0.154. The predicted molar refractivity (Wildman–Crippen MR) is 69.8 cm³/mol. The molecule has 0 bridgehead atoms. The van der Waals surface area contributed by atoms with E-state index in [1.165, 1.54) is 12.8 Å². The second-order valence-corrected chi connectivity index (χ2v) is 5.01. The maximum atomic E-state index is 5.37. The van der Waals surface area contributed by atoms with Crippen LogP contribution >= 0.6 is 0 Å². The fraction of sp³-hybridized carbons (Fsp3) is 0.571. The molecule has 94 valence electrons. The molecule has 0 saturated carbocycles. The number of likely N-dealkylation sites (tertiary alicyclic amines) is 1. The first kappa shape index (κ1) is 12.4. The fourth-order valence-electron chi connectivity index (χ4n) is 2.46. The fourth-order valence-corrected chi connectivity index (χ4v) is 2.46. The summed E-state index contributed by atoms with van der Waals surface area (Å²) in [6, 6.07) is 3.95. The molecule has 0 aliphatic carbocycles. The SMILES string of the molecule is C=CCC1(NCc2ccco2)CCN(C)CC1.